The number of nitrogens with one attached hydrogen (secondary N) is 1. The Bertz CT molecular complexity index is 732. The van der Waals surface area contributed by atoms with Gasteiger partial charge in [0.05, 0.1) is 12.6 Å². The molecule has 1 N–H and O–H groups in total. The van der Waals surface area contributed by atoms with Gasteiger partial charge in [-0.05, 0) is 24.3 Å². The van der Waals surface area contributed by atoms with E-state index in [0.29, 0.717) is 18.1 Å². The monoisotopic (exact) mass is 399 g/mol. The molecule has 1 aliphatic carbocycles. The minimum absolute atomic E-state index is 0.0252. The Labute approximate surface area is 173 Å². The lowest BCUT2D eigenvalue weighted by molar-refractivity contribution is -0.149. The molecule has 2 heterocycles. The third-order valence-corrected chi connectivity index (χ3v) is 6.30. The zero-order valence-corrected chi connectivity index (χ0v) is 17.6. The average molecular weight is 400 g/mol. The highest BCUT2D eigenvalue weighted by Gasteiger charge is 2.46. The van der Waals surface area contributed by atoms with Crippen LogP contribution in [0.15, 0.2) is 35.5 Å². The van der Waals surface area contributed by atoms with Crippen LogP contribution in [0.1, 0.15) is 57.6 Å². The number of carbonyl (C=O) groups is 1. The van der Waals surface area contributed by atoms with Gasteiger partial charge in [-0.1, -0.05) is 62.2 Å². The van der Waals surface area contributed by atoms with E-state index < -0.39 is 0 Å². The number of rotatable bonds is 5. The van der Waals surface area contributed by atoms with E-state index in [1.807, 2.05) is 30.3 Å². The molecule has 1 amide bonds. The van der Waals surface area contributed by atoms with Crippen LogP contribution in [0.4, 0.5) is 0 Å². The molecule has 1 spiro atoms. The van der Waals surface area contributed by atoms with E-state index in [9.17, 15) is 4.79 Å². The standard InChI is InChI=1S/C23H33N3O3/c1-17(2)15-26-12-13-28-23(16-26)11-7-6-10-21(23)24-22(27)19-14-20(29-25-19)18-8-4-3-5-9-18/h3-5,8-9,17,20-21H,6-7,10-16H2,1-2H3,(H,24,27)/t20-,21-,23-/m0/s1. The van der Waals surface area contributed by atoms with E-state index in [4.69, 9.17) is 9.57 Å². The van der Waals surface area contributed by atoms with Crippen molar-refractivity contribution in [2.24, 2.45) is 11.1 Å². The van der Waals surface area contributed by atoms with Crippen molar-refractivity contribution in [3.05, 3.63) is 35.9 Å². The number of carbonyl (C=O) groups excluding carboxylic acids is 1. The topological polar surface area (TPSA) is 63.2 Å². The van der Waals surface area contributed by atoms with Gasteiger partial charge in [0.15, 0.2) is 6.10 Å². The van der Waals surface area contributed by atoms with Crippen LogP contribution >= 0.6 is 0 Å². The van der Waals surface area contributed by atoms with Crippen molar-refractivity contribution in [2.45, 2.75) is 63.7 Å². The molecular formula is C23H33N3O3. The van der Waals surface area contributed by atoms with E-state index in [2.05, 4.69) is 29.2 Å². The predicted octanol–water partition coefficient (Wildman–Crippen LogP) is 3.29. The number of amides is 1. The molecule has 2 fully saturated rings. The summed E-state index contributed by atoms with van der Waals surface area (Å²) in [6.45, 7) is 8.18. The molecule has 3 atom stereocenters. The highest BCUT2D eigenvalue weighted by molar-refractivity contribution is 6.39. The first-order valence-corrected chi connectivity index (χ1v) is 11.0. The van der Waals surface area contributed by atoms with Gasteiger partial charge >= 0.3 is 0 Å². The fraction of sp³-hybridized carbons (Fsp3) is 0.652. The number of oxime groups is 1. The first kappa shape index (κ1) is 20.4. The van der Waals surface area contributed by atoms with Crippen molar-refractivity contribution in [1.82, 2.24) is 10.2 Å². The molecule has 29 heavy (non-hydrogen) atoms. The first-order chi connectivity index (χ1) is 14.1. The quantitative estimate of drug-likeness (QED) is 0.825. The lowest BCUT2D eigenvalue weighted by atomic mass is 9.78. The summed E-state index contributed by atoms with van der Waals surface area (Å²) in [5, 5.41) is 7.37. The fourth-order valence-corrected chi connectivity index (χ4v) is 4.93. The van der Waals surface area contributed by atoms with Crippen molar-refractivity contribution in [3.63, 3.8) is 0 Å². The van der Waals surface area contributed by atoms with Gasteiger partial charge < -0.3 is 14.9 Å². The van der Waals surface area contributed by atoms with Crippen molar-refractivity contribution in [3.8, 4) is 0 Å². The third kappa shape index (κ3) is 4.64. The van der Waals surface area contributed by atoms with Crippen molar-refractivity contribution in [2.75, 3.05) is 26.2 Å². The van der Waals surface area contributed by atoms with Crippen LogP contribution in [0, 0.1) is 5.92 Å². The summed E-state index contributed by atoms with van der Waals surface area (Å²) < 4.78 is 6.36. The van der Waals surface area contributed by atoms with E-state index in [1.165, 1.54) is 0 Å². The Hall–Kier alpha value is -1.92. The van der Waals surface area contributed by atoms with E-state index >= 15 is 0 Å². The van der Waals surface area contributed by atoms with Gasteiger partial charge in [-0.3, -0.25) is 9.69 Å². The number of morpholine rings is 1. The second kappa shape index (κ2) is 8.84. The zero-order chi connectivity index (χ0) is 20.3. The molecule has 6 nitrogen and oxygen atoms in total. The van der Waals surface area contributed by atoms with Gasteiger partial charge in [0.25, 0.3) is 5.91 Å². The summed E-state index contributed by atoms with van der Waals surface area (Å²) in [4.78, 5) is 21.0. The molecule has 1 aromatic carbocycles. The molecule has 0 aromatic heterocycles. The van der Waals surface area contributed by atoms with Crippen LogP contribution in [-0.2, 0) is 14.4 Å². The van der Waals surface area contributed by atoms with Crippen molar-refractivity contribution in [1.29, 1.82) is 0 Å². The number of ether oxygens (including phenoxy) is 1. The highest BCUT2D eigenvalue weighted by atomic mass is 16.6. The van der Waals surface area contributed by atoms with Gasteiger partial charge in [-0.25, -0.2) is 0 Å². The lowest BCUT2D eigenvalue weighted by Crippen LogP contribution is -2.64. The minimum atomic E-state index is -0.278. The molecule has 0 radical (unpaired) electrons. The van der Waals surface area contributed by atoms with E-state index in [1.54, 1.807) is 0 Å². The van der Waals surface area contributed by atoms with Crippen molar-refractivity contribution < 1.29 is 14.4 Å². The van der Waals surface area contributed by atoms with Gasteiger partial charge in [-0.2, -0.15) is 0 Å². The number of nitrogens with zero attached hydrogens (tertiary/aromatic N) is 2. The van der Waals surface area contributed by atoms with Crippen LogP contribution in [0.3, 0.4) is 0 Å². The zero-order valence-electron chi connectivity index (χ0n) is 17.6. The molecule has 3 aliphatic rings. The van der Waals surface area contributed by atoms with Crippen LogP contribution in [-0.4, -0.2) is 54.4 Å². The normalized spacial score (nSPS) is 30.2. The van der Waals surface area contributed by atoms with Gasteiger partial charge in [-0.15, -0.1) is 0 Å². The molecule has 2 aliphatic heterocycles. The minimum Gasteiger partial charge on any atom is -0.387 e. The number of hydrogen-bond donors (Lipinski definition) is 1. The predicted molar refractivity (Wildman–Crippen MR) is 113 cm³/mol. The summed E-state index contributed by atoms with van der Waals surface area (Å²) in [6, 6.07) is 9.98. The maximum Gasteiger partial charge on any atom is 0.269 e. The van der Waals surface area contributed by atoms with E-state index in [-0.39, 0.29) is 23.7 Å². The Kier molecular flexibility index (Phi) is 6.20. The number of hydrogen-bond acceptors (Lipinski definition) is 5. The van der Waals surface area contributed by atoms with Gasteiger partial charge in [0, 0.05) is 26.1 Å². The molecular weight excluding hydrogens is 366 g/mol. The summed E-state index contributed by atoms with van der Waals surface area (Å²) in [7, 11) is 0. The Morgan fingerprint density at radius 1 is 1.31 bits per heavy atom. The molecule has 1 saturated heterocycles. The average Bonchev–Trinajstić information content (AvgIpc) is 3.21. The smallest absolute Gasteiger partial charge is 0.269 e. The molecule has 0 unspecified atom stereocenters. The number of benzene rings is 1. The van der Waals surface area contributed by atoms with Gasteiger partial charge in [0.1, 0.15) is 11.3 Å². The second-order valence-corrected chi connectivity index (χ2v) is 9.06. The Morgan fingerprint density at radius 2 is 2.14 bits per heavy atom. The Balaban J connectivity index is 1.40. The summed E-state index contributed by atoms with van der Waals surface area (Å²) >= 11 is 0. The van der Waals surface area contributed by atoms with Crippen LogP contribution < -0.4 is 5.32 Å². The van der Waals surface area contributed by atoms with Crippen LogP contribution in [0.2, 0.25) is 0 Å². The van der Waals surface area contributed by atoms with Crippen LogP contribution in [0.25, 0.3) is 0 Å². The third-order valence-electron chi connectivity index (χ3n) is 6.30. The molecule has 158 valence electrons. The summed E-state index contributed by atoms with van der Waals surface area (Å²) in [5.74, 6) is 0.515. The maximum atomic E-state index is 13.0. The maximum absolute atomic E-state index is 13.0. The highest BCUT2D eigenvalue weighted by Crippen LogP contribution is 2.35. The summed E-state index contributed by atoms with van der Waals surface area (Å²) in [6.07, 6.45) is 4.57. The fourth-order valence-electron chi connectivity index (χ4n) is 4.93. The molecule has 0 bridgehead atoms. The molecule has 1 saturated carbocycles. The van der Waals surface area contributed by atoms with Crippen molar-refractivity contribution >= 4 is 11.6 Å². The SMILES string of the molecule is CC(C)CN1CCO[C@@]2(CCCC[C@@H]2NC(=O)C2=NO[C@H](c3ccccc3)C2)C1. The van der Waals surface area contributed by atoms with E-state index in [0.717, 1.165) is 57.5 Å². The molecule has 4 rings (SSSR count). The second-order valence-electron chi connectivity index (χ2n) is 9.06. The van der Waals surface area contributed by atoms with Gasteiger partial charge in [0.2, 0.25) is 0 Å². The largest absolute Gasteiger partial charge is 0.387 e. The summed E-state index contributed by atoms with van der Waals surface area (Å²) in [5.41, 5.74) is 1.25. The van der Waals surface area contributed by atoms with Crippen LogP contribution in [0.5, 0.6) is 0 Å². The lowest BCUT2D eigenvalue weighted by Gasteiger charge is -2.50. The molecule has 1 aromatic rings. The molecule has 6 heteroatoms. The first-order valence-electron chi connectivity index (χ1n) is 11.0. The Morgan fingerprint density at radius 3 is 2.93 bits per heavy atom.